The van der Waals surface area contributed by atoms with Gasteiger partial charge >= 0.3 is 0 Å². The van der Waals surface area contributed by atoms with E-state index in [1.54, 1.807) is 12.3 Å². The number of aliphatic hydroxyl groups excluding tert-OH is 1. The average molecular weight is 328 g/mol. The number of β-amino-alcohol motifs (C(OH)–C–C–N with tert-alkyl or cyclic N) is 1. The van der Waals surface area contributed by atoms with E-state index < -0.39 is 6.10 Å². The molecule has 1 atom stereocenters. The lowest BCUT2D eigenvalue weighted by atomic mass is 10.1. The second-order valence-electron chi connectivity index (χ2n) is 6.26. The summed E-state index contributed by atoms with van der Waals surface area (Å²) >= 11 is 0. The normalized spacial score (nSPS) is 16.7. The number of aromatic nitrogens is 1. The number of para-hydroxylation sites is 1. The number of H-pyrrole nitrogens is 1. The van der Waals surface area contributed by atoms with Crippen LogP contribution in [-0.2, 0) is 0 Å². The minimum absolute atomic E-state index is 0.130. The van der Waals surface area contributed by atoms with Crippen LogP contribution in [0.1, 0.15) is 19.3 Å². The molecule has 1 aliphatic heterocycles. The third-order valence-electron chi connectivity index (χ3n) is 4.33. The number of hydrogen-bond donors (Lipinski definition) is 2. The van der Waals surface area contributed by atoms with Gasteiger partial charge in [-0.25, -0.2) is 0 Å². The van der Waals surface area contributed by atoms with Crippen LogP contribution in [0.4, 0.5) is 0 Å². The van der Waals surface area contributed by atoms with Gasteiger partial charge in [-0.05, 0) is 38.1 Å². The third-order valence-corrected chi connectivity index (χ3v) is 4.33. The maximum absolute atomic E-state index is 11.2. The zero-order valence-electron chi connectivity index (χ0n) is 13.8. The predicted octanol–water partition coefficient (Wildman–Crippen LogP) is 2.27. The minimum Gasteiger partial charge on any atom is -0.490 e. The molecule has 1 fully saturated rings. The number of hydrogen-bond acceptors (Lipinski definition) is 4. The molecule has 2 aromatic rings. The number of nitrogens with one attached hydrogen (secondary N) is 1. The average Bonchev–Trinajstić information content (AvgIpc) is 2.62. The Morgan fingerprint density at radius 2 is 1.92 bits per heavy atom. The van der Waals surface area contributed by atoms with Gasteiger partial charge in [-0.3, -0.25) is 4.79 Å². The summed E-state index contributed by atoms with van der Waals surface area (Å²) in [4.78, 5) is 16.2. The molecule has 0 amide bonds. The summed E-state index contributed by atoms with van der Waals surface area (Å²) in [5.41, 5.74) is 1.66. The largest absolute Gasteiger partial charge is 0.490 e. The lowest BCUT2D eigenvalue weighted by Gasteiger charge is -2.28. The standard InChI is InChI=1S/C19H24N2O3/c22-16(13-21-10-4-1-5-11-21)14-24-18-7-3-2-6-17(18)15-8-9-19(23)20-12-15/h2-3,6-9,12,16,22H,1,4-5,10-11,13-14H2,(H,20,23)/t16-/m1/s1. The first-order valence-electron chi connectivity index (χ1n) is 8.54. The Bertz CT molecular complexity index is 687. The number of ether oxygens (including phenoxy) is 1. The summed E-state index contributed by atoms with van der Waals surface area (Å²) in [5, 5.41) is 10.2. The third kappa shape index (κ3) is 4.46. The second kappa shape index (κ2) is 8.13. The summed E-state index contributed by atoms with van der Waals surface area (Å²) in [6.07, 6.45) is 4.88. The van der Waals surface area contributed by atoms with Crippen LogP contribution < -0.4 is 10.3 Å². The van der Waals surface area contributed by atoms with Crippen LogP contribution in [0.25, 0.3) is 11.1 Å². The van der Waals surface area contributed by atoms with Crippen molar-refractivity contribution in [1.29, 1.82) is 0 Å². The fourth-order valence-corrected chi connectivity index (χ4v) is 3.09. The van der Waals surface area contributed by atoms with Crippen molar-refractivity contribution in [3.63, 3.8) is 0 Å². The molecule has 24 heavy (non-hydrogen) atoms. The van der Waals surface area contributed by atoms with E-state index in [9.17, 15) is 9.90 Å². The smallest absolute Gasteiger partial charge is 0.247 e. The van der Waals surface area contributed by atoms with Gasteiger partial charge < -0.3 is 19.7 Å². The molecule has 1 aromatic carbocycles. The van der Waals surface area contributed by atoms with E-state index in [0.717, 1.165) is 24.2 Å². The topological polar surface area (TPSA) is 65.6 Å². The number of rotatable bonds is 6. The highest BCUT2D eigenvalue weighted by Crippen LogP contribution is 2.28. The SMILES string of the molecule is O=c1ccc(-c2ccccc2OC[C@H](O)CN2CCCCC2)c[nH]1. The van der Waals surface area contributed by atoms with Crippen LogP contribution in [0, 0.1) is 0 Å². The Kier molecular flexibility index (Phi) is 5.67. The van der Waals surface area contributed by atoms with Crippen LogP contribution in [0.3, 0.4) is 0 Å². The van der Waals surface area contributed by atoms with Gasteiger partial charge in [0.25, 0.3) is 0 Å². The zero-order chi connectivity index (χ0) is 16.8. The Morgan fingerprint density at radius 1 is 1.12 bits per heavy atom. The van der Waals surface area contributed by atoms with Gasteiger partial charge in [0, 0.05) is 29.9 Å². The summed E-state index contributed by atoms with van der Waals surface area (Å²) in [6.45, 7) is 3.04. The molecule has 2 N–H and O–H groups in total. The van der Waals surface area contributed by atoms with Crippen molar-refractivity contribution < 1.29 is 9.84 Å². The van der Waals surface area contributed by atoms with Crippen molar-refractivity contribution in [3.8, 4) is 16.9 Å². The van der Waals surface area contributed by atoms with Crippen molar-refractivity contribution >= 4 is 0 Å². The fourth-order valence-electron chi connectivity index (χ4n) is 3.09. The van der Waals surface area contributed by atoms with Crippen LogP contribution >= 0.6 is 0 Å². The Hall–Kier alpha value is -2.11. The van der Waals surface area contributed by atoms with Crippen molar-refractivity contribution in [2.75, 3.05) is 26.2 Å². The first-order chi connectivity index (χ1) is 11.7. The number of pyridine rings is 1. The molecular formula is C19H24N2O3. The molecule has 0 spiro atoms. The maximum atomic E-state index is 11.2. The molecule has 3 rings (SSSR count). The number of benzene rings is 1. The molecule has 2 heterocycles. The lowest BCUT2D eigenvalue weighted by Crippen LogP contribution is -2.38. The first-order valence-corrected chi connectivity index (χ1v) is 8.54. The molecule has 0 aliphatic carbocycles. The van der Waals surface area contributed by atoms with Crippen LogP contribution in [0.15, 0.2) is 47.4 Å². The van der Waals surface area contributed by atoms with E-state index in [0.29, 0.717) is 12.3 Å². The van der Waals surface area contributed by atoms with Crippen molar-refractivity contribution in [3.05, 3.63) is 52.9 Å². The van der Waals surface area contributed by atoms with Gasteiger partial charge in [0.2, 0.25) is 5.56 Å². The quantitative estimate of drug-likeness (QED) is 0.854. The molecule has 0 radical (unpaired) electrons. The van der Waals surface area contributed by atoms with E-state index in [1.165, 1.54) is 25.3 Å². The Balaban J connectivity index is 1.62. The lowest BCUT2D eigenvalue weighted by molar-refractivity contribution is 0.0619. The highest BCUT2D eigenvalue weighted by atomic mass is 16.5. The van der Waals surface area contributed by atoms with E-state index in [1.807, 2.05) is 24.3 Å². The molecule has 0 saturated carbocycles. The van der Waals surface area contributed by atoms with Crippen molar-refractivity contribution in [2.24, 2.45) is 0 Å². The van der Waals surface area contributed by atoms with Crippen LogP contribution in [0.2, 0.25) is 0 Å². The summed E-state index contributed by atoms with van der Waals surface area (Å²) < 4.78 is 5.86. The van der Waals surface area contributed by atoms with E-state index >= 15 is 0 Å². The Morgan fingerprint density at radius 3 is 2.67 bits per heavy atom. The fraction of sp³-hybridized carbons (Fsp3) is 0.421. The van der Waals surface area contributed by atoms with Gasteiger partial charge in [0.05, 0.1) is 0 Å². The summed E-state index contributed by atoms with van der Waals surface area (Å²) in [5.74, 6) is 0.710. The maximum Gasteiger partial charge on any atom is 0.247 e. The van der Waals surface area contributed by atoms with E-state index in [2.05, 4.69) is 9.88 Å². The van der Waals surface area contributed by atoms with Gasteiger partial charge in [-0.2, -0.15) is 0 Å². The zero-order valence-corrected chi connectivity index (χ0v) is 13.8. The minimum atomic E-state index is -0.508. The summed E-state index contributed by atoms with van der Waals surface area (Å²) in [6, 6.07) is 10.9. The first kappa shape index (κ1) is 16.7. The van der Waals surface area contributed by atoms with Gasteiger partial charge in [-0.15, -0.1) is 0 Å². The molecular weight excluding hydrogens is 304 g/mol. The highest BCUT2D eigenvalue weighted by Gasteiger charge is 2.15. The molecule has 0 bridgehead atoms. The molecule has 1 saturated heterocycles. The van der Waals surface area contributed by atoms with Crippen molar-refractivity contribution in [2.45, 2.75) is 25.4 Å². The predicted molar refractivity (Wildman–Crippen MR) is 94.3 cm³/mol. The van der Waals surface area contributed by atoms with E-state index in [-0.39, 0.29) is 12.2 Å². The van der Waals surface area contributed by atoms with Crippen LogP contribution in [0.5, 0.6) is 5.75 Å². The number of aliphatic hydroxyl groups is 1. The van der Waals surface area contributed by atoms with Crippen molar-refractivity contribution in [1.82, 2.24) is 9.88 Å². The molecule has 5 nitrogen and oxygen atoms in total. The van der Waals surface area contributed by atoms with E-state index in [4.69, 9.17) is 4.74 Å². The number of aromatic amines is 1. The monoisotopic (exact) mass is 328 g/mol. The molecule has 1 aliphatic rings. The highest BCUT2D eigenvalue weighted by molar-refractivity contribution is 5.69. The summed E-state index contributed by atoms with van der Waals surface area (Å²) in [7, 11) is 0. The molecule has 1 aromatic heterocycles. The second-order valence-corrected chi connectivity index (χ2v) is 6.26. The van der Waals surface area contributed by atoms with Gasteiger partial charge in [0.15, 0.2) is 0 Å². The number of likely N-dealkylation sites (tertiary alicyclic amines) is 1. The molecule has 128 valence electrons. The molecule has 5 heteroatoms. The number of piperidine rings is 1. The van der Waals surface area contributed by atoms with Gasteiger partial charge in [0.1, 0.15) is 18.5 Å². The van der Waals surface area contributed by atoms with Gasteiger partial charge in [-0.1, -0.05) is 24.6 Å². The molecule has 0 unspecified atom stereocenters. The number of nitrogens with zero attached hydrogens (tertiary/aromatic N) is 1. The van der Waals surface area contributed by atoms with Crippen LogP contribution in [-0.4, -0.2) is 47.3 Å². The Labute approximate surface area is 141 Å².